The van der Waals surface area contributed by atoms with Gasteiger partial charge in [0, 0.05) is 25.1 Å². The first kappa shape index (κ1) is 12.1. The van der Waals surface area contributed by atoms with Crippen LogP contribution in [-0.2, 0) is 7.05 Å². The molecule has 6 heteroatoms. The van der Waals surface area contributed by atoms with Crippen molar-refractivity contribution in [3.8, 4) is 0 Å². The van der Waals surface area contributed by atoms with Crippen LogP contribution < -0.4 is 11.1 Å². The van der Waals surface area contributed by atoms with Crippen molar-refractivity contribution in [2.24, 2.45) is 7.05 Å². The maximum absolute atomic E-state index is 12.1. The number of nitrogens with two attached hydrogens (primary N) is 1. The van der Waals surface area contributed by atoms with Crippen LogP contribution in [-0.4, -0.2) is 20.7 Å². The fourth-order valence-corrected chi connectivity index (χ4v) is 1.74. The molecule has 0 saturated heterocycles. The summed E-state index contributed by atoms with van der Waals surface area (Å²) >= 11 is 0. The highest BCUT2D eigenvalue weighted by atomic mass is 16.2. The van der Waals surface area contributed by atoms with E-state index in [1.165, 1.54) is 4.68 Å². The van der Waals surface area contributed by atoms with Gasteiger partial charge in [0.2, 0.25) is 0 Å². The third-order valence-electron chi connectivity index (χ3n) is 2.75. The average molecular weight is 245 g/mol. The molecule has 0 aliphatic carbocycles. The van der Waals surface area contributed by atoms with Crippen molar-refractivity contribution in [3.63, 3.8) is 0 Å². The highest BCUT2D eigenvalue weighted by Crippen LogP contribution is 2.18. The predicted octanol–water partition coefficient (Wildman–Crippen LogP) is 1.27. The van der Waals surface area contributed by atoms with E-state index < -0.39 is 0 Å². The smallest absolute Gasteiger partial charge is 0.276 e. The number of pyridine rings is 1. The fourth-order valence-electron chi connectivity index (χ4n) is 1.74. The standard InChI is InChI=1S/C12H15N5O/c1-7-6-14-5-4-9(7)15-12(18)11-10(13)8(2)16-17(11)3/h4-6H,13H2,1-3H3,(H,14,15,18). The minimum absolute atomic E-state index is 0.273. The van der Waals surface area contributed by atoms with E-state index in [1.54, 1.807) is 32.4 Å². The Morgan fingerprint density at radius 3 is 2.72 bits per heavy atom. The Balaban J connectivity index is 2.31. The molecular weight excluding hydrogens is 230 g/mol. The molecule has 1 amide bonds. The summed E-state index contributed by atoms with van der Waals surface area (Å²) < 4.78 is 1.48. The van der Waals surface area contributed by atoms with Crippen LogP contribution in [0, 0.1) is 13.8 Å². The number of nitrogens with one attached hydrogen (secondary N) is 1. The van der Waals surface area contributed by atoms with Crippen molar-refractivity contribution >= 4 is 17.3 Å². The van der Waals surface area contributed by atoms with Crippen LogP contribution in [0.5, 0.6) is 0 Å². The Morgan fingerprint density at radius 1 is 1.44 bits per heavy atom. The van der Waals surface area contributed by atoms with Crippen LogP contribution in [0.15, 0.2) is 18.5 Å². The summed E-state index contributed by atoms with van der Waals surface area (Å²) in [6.45, 7) is 3.64. The second kappa shape index (κ2) is 4.48. The number of carbonyl (C=O) groups is 1. The van der Waals surface area contributed by atoms with Crippen molar-refractivity contribution in [1.82, 2.24) is 14.8 Å². The maximum atomic E-state index is 12.1. The summed E-state index contributed by atoms with van der Waals surface area (Å²) in [6.07, 6.45) is 3.31. The lowest BCUT2D eigenvalue weighted by molar-refractivity contribution is 0.101. The molecule has 2 aromatic rings. The van der Waals surface area contributed by atoms with Crippen LogP contribution in [0.4, 0.5) is 11.4 Å². The molecule has 0 aromatic carbocycles. The fraction of sp³-hybridized carbons (Fsp3) is 0.250. The van der Waals surface area contributed by atoms with Gasteiger partial charge in [0.15, 0.2) is 0 Å². The molecule has 2 rings (SSSR count). The number of carbonyl (C=O) groups excluding carboxylic acids is 1. The Hall–Kier alpha value is -2.37. The third kappa shape index (κ3) is 2.04. The molecule has 18 heavy (non-hydrogen) atoms. The van der Waals surface area contributed by atoms with Crippen molar-refractivity contribution < 1.29 is 4.79 Å². The number of anilines is 2. The molecule has 94 valence electrons. The summed E-state index contributed by atoms with van der Waals surface area (Å²) in [5, 5.41) is 6.92. The van der Waals surface area contributed by atoms with Crippen LogP contribution in [0.25, 0.3) is 0 Å². The van der Waals surface area contributed by atoms with Crippen LogP contribution >= 0.6 is 0 Å². The van der Waals surface area contributed by atoms with Crippen LogP contribution in [0.1, 0.15) is 21.7 Å². The lowest BCUT2D eigenvalue weighted by Crippen LogP contribution is -2.18. The lowest BCUT2D eigenvalue weighted by atomic mass is 10.2. The number of aromatic nitrogens is 3. The summed E-state index contributed by atoms with van der Waals surface area (Å²) in [5.41, 5.74) is 8.86. The number of rotatable bonds is 2. The summed E-state index contributed by atoms with van der Waals surface area (Å²) in [7, 11) is 1.69. The van der Waals surface area contributed by atoms with E-state index in [4.69, 9.17) is 5.73 Å². The molecule has 0 atom stereocenters. The Kier molecular flexibility index (Phi) is 3.01. The van der Waals surface area contributed by atoms with Gasteiger partial charge in [-0.25, -0.2) is 0 Å². The highest BCUT2D eigenvalue weighted by Gasteiger charge is 2.18. The second-order valence-electron chi connectivity index (χ2n) is 4.12. The van der Waals surface area contributed by atoms with Crippen LogP contribution in [0.2, 0.25) is 0 Å². The van der Waals surface area contributed by atoms with Gasteiger partial charge in [-0.2, -0.15) is 5.10 Å². The topological polar surface area (TPSA) is 85.8 Å². The zero-order chi connectivity index (χ0) is 13.3. The quantitative estimate of drug-likeness (QED) is 0.834. The first-order valence-corrected chi connectivity index (χ1v) is 5.51. The zero-order valence-electron chi connectivity index (χ0n) is 10.6. The number of nitrogens with zero attached hydrogens (tertiary/aromatic N) is 3. The highest BCUT2D eigenvalue weighted by molar-refractivity contribution is 6.07. The van der Waals surface area contributed by atoms with Crippen LogP contribution in [0.3, 0.4) is 0 Å². The van der Waals surface area contributed by atoms with E-state index in [9.17, 15) is 4.79 Å². The second-order valence-corrected chi connectivity index (χ2v) is 4.12. The lowest BCUT2D eigenvalue weighted by Gasteiger charge is -2.08. The van der Waals surface area contributed by atoms with Gasteiger partial charge in [0.1, 0.15) is 5.69 Å². The molecular formula is C12H15N5O. The number of hydrogen-bond donors (Lipinski definition) is 2. The molecule has 2 aromatic heterocycles. The summed E-state index contributed by atoms with van der Waals surface area (Å²) in [6, 6.07) is 1.74. The number of nitrogen functional groups attached to an aromatic ring is 1. The molecule has 0 fully saturated rings. The first-order valence-electron chi connectivity index (χ1n) is 5.51. The normalized spacial score (nSPS) is 10.4. The Bertz CT molecular complexity index is 603. The molecule has 0 unspecified atom stereocenters. The molecule has 2 heterocycles. The SMILES string of the molecule is Cc1cnccc1NC(=O)c1c(N)c(C)nn1C. The largest absolute Gasteiger partial charge is 0.395 e. The molecule has 0 bridgehead atoms. The van der Waals surface area contributed by atoms with E-state index in [2.05, 4.69) is 15.4 Å². The van der Waals surface area contributed by atoms with Gasteiger partial charge in [0.05, 0.1) is 11.4 Å². The Labute approximate surface area is 105 Å². The van der Waals surface area contributed by atoms with Gasteiger partial charge in [0.25, 0.3) is 5.91 Å². The van der Waals surface area contributed by atoms with E-state index in [-0.39, 0.29) is 5.91 Å². The van der Waals surface area contributed by atoms with E-state index in [0.29, 0.717) is 22.8 Å². The molecule has 0 radical (unpaired) electrons. The molecule has 3 N–H and O–H groups in total. The monoisotopic (exact) mass is 245 g/mol. The molecule has 0 spiro atoms. The zero-order valence-corrected chi connectivity index (χ0v) is 10.6. The van der Waals surface area contributed by atoms with Crippen molar-refractivity contribution in [1.29, 1.82) is 0 Å². The van der Waals surface area contributed by atoms with Gasteiger partial charge < -0.3 is 11.1 Å². The maximum Gasteiger partial charge on any atom is 0.276 e. The van der Waals surface area contributed by atoms with Crippen molar-refractivity contribution in [2.75, 3.05) is 11.1 Å². The van der Waals surface area contributed by atoms with E-state index in [0.717, 1.165) is 5.56 Å². The van der Waals surface area contributed by atoms with Gasteiger partial charge in [-0.05, 0) is 25.5 Å². The van der Waals surface area contributed by atoms with Gasteiger partial charge >= 0.3 is 0 Å². The molecule has 0 aliphatic rings. The average Bonchev–Trinajstić information content (AvgIpc) is 2.56. The predicted molar refractivity (Wildman–Crippen MR) is 69.3 cm³/mol. The molecule has 0 saturated carbocycles. The Morgan fingerprint density at radius 2 is 2.17 bits per heavy atom. The first-order chi connectivity index (χ1) is 8.50. The number of hydrogen-bond acceptors (Lipinski definition) is 4. The number of aryl methyl sites for hydroxylation is 3. The summed E-state index contributed by atoms with van der Waals surface area (Å²) in [5.74, 6) is -0.273. The molecule has 6 nitrogen and oxygen atoms in total. The minimum atomic E-state index is -0.273. The van der Waals surface area contributed by atoms with Crippen molar-refractivity contribution in [2.45, 2.75) is 13.8 Å². The summed E-state index contributed by atoms with van der Waals surface area (Å²) in [4.78, 5) is 16.1. The van der Waals surface area contributed by atoms with Gasteiger partial charge in [-0.1, -0.05) is 0 Å². The molecule has 0 aliphatic heterocycles. The minimum Gasteiger partial charge on any atom is -0.395 e. The third-order valence-corrected chi connectivity index (χ3v) is 2.75. The number of amides is 1. The van der Waals surface area contributed by atoms with E-state index in [1.807, 2.05) is 6.92 Å². The van der Waals surface area contributed by atoms with E-state index >= 15 is 0 Å². The van der Waals surface area contributed by atoms with Gasteiger partial charge in [-0.3, -0.25) is 14.5 Å². The van der Waals surface area contributed by atoms with Gasteiger partial charge in [-0.15, -0.1) is 0 Å². The van der Waals surface area contributed by atoms with Crippen molar-refractivity contribution in [3.05, 3.63) is 35.4 Å².